The van der Waals surface area contributed by atoms with Crippen LogP contribution in [0.1, 0.15) is 10.4 Å². The molecule has 0 fully saturated rings. The van der Waals surface area contributed by atoms with E-state index in [2.05, 4.69) is 25.6 Å². The summed E-state index contributed by atoms with van der Waals surface area (Å²) in [6, 6.07) is 4.07. The number of hydrogen-bond acceptors (Lipinski definition) is 4. The Labute approximate surface area is 123 Å². The minimum Gasteiger partial charge on any atom is -0.478 e. The molecule has 0 spiro atoms. The van der Waals surface area contributed by atoms with Crippen LogP contribution in [0.25, 0.3) is 0 Å². The van der Waals surface area contributed by atoms with Crippen molar-refractivity contribution in [2.24, 2.45) is 7.05 Å². The number of carbonyl (C=O) groups is 1. The molecule has 0 aliphatic carbocycles. The fraction of sp³-hybridized carbons (Fsp3) is 0.0909. The molecular weight excluding hydrogens is 350 g/mol. The number of rotatable bonds is 4. The Hall–Kier alpha value is -1.87. The second-order valence-electron chi connectivity index (χ2n) is 4.02. The van der Waals surface area contributed by atoms with Gasteiger partial charge in [-0.3, -0.25) is 4.72 Å². The summed E-state index contributed by atoms with van der Waals surface area (Å²) in [7, 11) is -2.20. The first-order valence-electron chi connectivity index (χ1n) is 5.32. The van der Waals surface area contributed by atoms with Gasteiger partial charge >= 0.3 is 5.97 Å². The molecule has 9 heteroatoms. The first-order chi connectivity index (χ1) is 9.28. The second kappa shape index (κ2) is 5.25. The molecule has 0 saturated heterocycles. The fourth-order valence-corrected chi connectivity index (χ4v) is 3.02. The van der Waals surface area contributed by atoms with Crippen molar-refractivity contribution in [3.05, 3.63) is 40.8 Å². The number of aromatic nitrogens is 2. The van der Waals surface area contributed by atoms with Crippen LogP contribution in [0.4, 0.5) is 5.69 Å². The van der Waals surface area contributed by atoms with Crippen LogP contribution < -0.4 is 4.72 Å². The highest BCUT2D eigenvalue weighted by Crippen LogP contribution is 2.22. The van der Waals surface area contributed by atoms with E-state index >= 15 is 0 Å². The molecule has 20 heavy (non-hydrogen) atoms. The Kier molecular flexibility index (Phi) is 3.82. The predicted molar refractivity (Wildman–Crippen MR) is 75.1 cm³/mol. The van der Waals surface area contributed by atoms with Gasteiger partial charge in [-0.2, -0.15) is 8.42 Å². The third-order valence-corrected chi connectivity index (χ3v) is 4.08. The molecule has 106 valence electrons. The minimum atomic E-state index is -3.85. The maximum absolute atomic E-state index is 12.1. The van der Waals surface area contributed by atoms with Gasteiger partial charge in [-0.1, -0.05) is 15.9 Å². The number of aromatic carboxylic acids is 1. The van der Waals surface area contributed by atoms with E-state index in [1.165, 1.54) is 35.3 Å². The van der Waals surface area contributed by atoms with Crippen molar-refractivity contribution in [1.29, 1.82) is 0 Å². The molecule has 0 radical (unpaired) electrons. The zero-order valence-corrected chi connectivity index (χ0v) is 12.6. The lowest BCUT2D eigenvalue weighted by Gasteiger charge is -2.07. The minimum absolute atomic E-state index is 0.0295. The molecule has 1 heterocycles. The van der Waals surface area contributed by atoms with Gasteiger partial charge in [-0.15, -0.1) is 0 Å². The van der Waals surface area contributed by atoms with Crippen LogP contribution in [0.3, 0.4) is 0 Å². The maximum atomic E-state index is 12.1. The molecule has 0 aliphatic heterocycles. The van der Waals surface area contributed by atoms with Gasteiger partial charge in [0.05, 0.1) is 17.6 Å². The lowest BCUT2D eigenvalue weighted by atomic mass is 10.2. The molecule has 0 unspecified atom stereocenters. The van der Waals surface area contributed by atoms with Crippen molar-refractivity contribution < 1.29 is 18.3 Å². The van der Waals surface area contributed by atoms with E-state index in [0.29, 0.717) is 4.47 Å². The SMILES string of the molecule is Cn1cnc(S(=O)(=O)Nc2cc(Br)cc(C(=O)O)c2)c1. The van der Waals surface area contributed by atoms with Crippen molar-refractivity contribution in [3.63, 3.8) is 0 Å². The molecule has 7 nitrogen and oxygen atoms in total. The Morgan fingerprint density at radius 2 is 2.10 bits per heavy atom. The highest BCUT2D eigenvalue weighted by molar-refractivity contribution is 9.10. The molecule has 0 amide bonds. The number of hydrogen-bond donors (Lipinski definition) is 2. The van der Waals surface area contributed by atoms with Crippen LogP contribution in [0.5, 0.6) is 0 Å². The van der Waals surface area contributed by atoms with Crippen molar-refractivity contribution >= 4 is 37.6 Å². The molecule has 2 N–H and O–H groups in total. The van der Waals surface area contributed by atoms with Gasteiger partial charge < -0.3 is 9.67 Å². The fourth-order valence-electron chi connectivity index (χ4n) is 1.51. The molecule has 2 rings (SSSR count). The average Bonchev–Trinajstić information content (AvgIpc) is 2.75. The van der Waals surface area contributed by atoms with E-state index in [1.807, 2.05) is 0 Å². The normalized spacial score (nSPS) is 11.3. The third kappa shape index (κ3) is 3.17. The smallest absolute Gasteiger partial charge is 0.335 e. The summed E-state index contributed by atoms with van der Waals surface area (Å²) < 4.78 is 28.4. The zero-order valence-electron chi connectivity index (χ0n) is 10.2. The number of nitrogens with one attached hydrogen (secondary N) is 1. The molecule has 0 aliphatic rings. The number of anilines is 1. The summed E-state index contributed by atoms with van der Waals surface area (Å²) in [6.07, 6.45) is 2.70. The molecule has 0 saturated carbocycles. The van der Waals surface area contributed by atoms with Gasteiger partial charge in [-0.05, 0) is 18.2 Å². The number of nitrogens with zero attached hydrogens (tertiary/aromatic N) is 2. The second-order valence-corrected chi connectivity index (χ2v) is 6.56. The Balaban J connectivity index is 2.37. The highest BCUT2D eigenvalue weighted by Gasteiger charge is 2.18. The third-order valence-electron chi connectivity index (χ3n) is 2.35. The average molecular weight is 360 g/mol. The Bertz CT molecular complexity index is 770. The van der Waals surface area contributed by atoms with Crippen LogP contribution in [-0.4, -0.2) is 29.0 Å². The highest BCUT2D eigenvalue weighted by atomic mass is 79.9. The molecule has 2 aromatic rings. The Morgan fingerprint density at radius 3 is 2.65 bits per heavy atom. The number of carboxylic acids is 1. The van der Waals surface area contributed by atoms with E-state index in [4.69, 9.17) is 5.11 Å². The van der Waals surface area contributed by atoms with Crippen molar-refractivity contribution in [1.82, 2.24) is 9.55 Å². The summed E-state index contributed by atoms with van der Waals surface area (Å²) >= 11 is 3.13. The molecule has 0 bridgehead atoms. The lowest BCUT2D eigenvalue weighted by molar-refractivity contribution is 0.0697. The van der Waals surface area contributed by atoms with Crippen LogP contribution in [0, 0.1) is 0 Å². The Morgan fingerprint density at radius 1 is 1.40 bits per heavy atom. The van der Waals surface area contributed by atoms with Crippen molar-refractivity contribution in [2.75, 3.05) is 4.72 Å². The van der Waals surface area contributed by atoms with Crippen LogP contribution in [0.2, 0.25) is 0 Å². The summed E-state index contributed by atoms with van der Waals surface area (Å²) in [6.45, 7) is 0. The first-order valence-corrected chi connectivity index (χ1v) is 7.60. The summed E-state index contributed by atoms with van der Waals surface area (Å²) in [5.41, 5.74) is 0.112. The zero-order chi connectivity index (χ0) is 14.9. The van der Waals surface area contributed by atoms with Gasteiger partial charge in [0.15, 0.2) is 5.03 Å². The summed E-state index contributed by atoms with van der Waals surface area (Å²) in [5.74, 6) is -1.15. The summed E-state index contributed by atoms with van der Waals surface area (Å²) in [4.78, 5) is 14.7. The number of benzene rings is 1. The monoisotopic (exact) mass is 359 g/mol. The van der Waals surface area contributed by atoms with Crippen molar-refractivity contribution in [3.8, 4) is 0 Å². The van der Waals surface area contributed by atoms with Gasteiger partial charge in [0.25, 0.3) is 10.0 Å². The number of sulfonamides is 1. The van der Waals surface area contributed by atoms with E-state index < -0.39 is 16.0 Å². The number of carboxylic acid groups (broad SMARTS) is 1. The van der Waals surface area contributed by atoms with E-state index in [-0.39, 0.29) is 16.3 Å². The first kappa shape index (κ1) is 14.5. The van der Waals surface area contributed by atoms with Crippen LogP contribution in [-0.2, 0) is 17.1 Å². The summed E-state index contributed by atoms with van der Waals surface area (Å²) in [5, 5.41) is 8.80. The quantitative estimate of drug-likeness (QED) is 0.864. The van der Waals surface area contributed by atoms with Gasteiger partial charge in [0.1, 0.15) is 0 Å². The lowest BCUT2D eigenvalue weighted by Crippen LogP contribution is -2.14. The standard InChI is InChI=1S/C11H10BrN3O4S/c1-15-5-10(13-6-15)20(18,19)14-9-3-7(11(16)17)2-8(12)4-9/h2-6,14H,1H3,(H,16,17). The van der Waals surface area contributed by atoms with Gasteiger partial charge in [0.2, 0.25) is 0 Å². The van der Waals surface area contributed by atoms with Crippen molar-refractivity contribution in [2.45, 2.75) is 5.03 Å². The molecule has 0 atom stereocenters. The molecule has 1 aromatic carbocycles. The topological polar surface area (TPSA) is 101 Å². The number of aryl methyl sites for hydroxylation is 1. The van der Waals surface area contributed by atoms with E-state index in [1.54, 1.807) is 7.05 Å². The van der Waals surface area contributed by atoms with Gasteiger partial charge in [0, 0.05) is 17.7 Å². The van der Waals surface area contributed by atoms with Crippen LogP contribution in [0.15, 0.2) is 40.2 Å². The largest absolute Gasteiger partial charge is 0.478 e. The van der Waals surface area contributed by atoms with Crippen LogP contribution >= 0.6 is 15.9 Å². The molecular formula is C11H10BrN3O4S. The maximum Gasteiger partial charge on any atom is 0.335 e. The number of imidazole rings is 1. The van der Waals surface area contributed by atoms with E-state index in [0.717, 1.165) is 0 Å². The van der Waals surface area contributed by atoms with E-state index in [9.17, 15) is 13.2 Å². The molecule has 1 aromatic heterocycles. The number of halogens is 1. The van der Waals surface area contributed by atoms with Gasteiger partial charge in [-0.25, -0.2) is 9.78 Å². The predicted octanol–water partition coefficient (Wildman–Crippen LogP) is 1.68.